The Kier molecular flexibility index (Phi) is 4.02. The van der Waals surface area contributed by atoms with E-state index in [1.165, 1.54) is 43.9 Å². The zero-order valence-electron chi connectivity index (χ0n) is 11.4. The molecule has 0 aliphatic heterocycles. The molecule has 4 heteroatoms. The first-order valence-corrected chi connectivity index (χ1v) is 8.30. The van der Waals surface area contributed by atoms with Gasteiger partial charge in [-0.3, -0.25) is 0 Å². The van der Waals surface area contributed by atoms with Crippen LogP contribution in [0.5, 0.6) is 5.75 Å². The van der Waals surface area contributed by atoms with Gasteiger partial charge in [-0.1, -0.05) is 47.7 Å². The molecule has 1 aromatic carbocycles. The molecule has 3 rings (SSSR count). The molecule has 2 aliphatic rings. The van der Waals surface area contributed by atoms with Crippen molar-refractivity contribution in [3.8, 4) is 5.75 Å². The normalized spacial score (nSPS) is 28.8. The fourth-order valence-electron chi connectivity index (χ4n) is 3.62. The van der Waals surface area contributed by atoms with E-state index >= 15 is 0 Å². The second-order valence-corrected chi connectivity index (χ2v) is 7.11. The Morgan fingerprint density at radius 2 is 1.65 bits per heavy atom. The van der Waals surface area contributed by atoms with Crippen molar-refractivity contribution in [2.75, 3.05) is 0 Å². The van der Waals surface area contributed by atoms with Crippen LogP contribution in [0, 0.1) is 17.0 Å². The van der Waals surface area contributed by atoms with Crippen LogP contribution in [0.15, 0.2) is 18.2 Å². The fourth-order valence-corrected chi connectivity index (χ4v) is 4.72. The highest BCUT2D eigenvalue weighted by atomic mass is 79.9. The van der Waals surface area contributed by atoms with Crippen LogP contribution in [0.3, 0.4) is 0 Å². The molecule has 1 spiro atoms. The molecule has 0 amide bonds. The summed E-state index contributed by atoms with van der Waals surface area (Å²) in [6, 6.07) is 3.87. The summed E-state index contributed by atoms with van der Waals surface area (Å²) >= 11 is 3.74. The molecule has 0 N–H and O–H groups in total. The van der Waals surface area contributed by atoms with Gasteiger partial charge >= 0.3 is 0 Å². The monoisotopic (exact) mass is 344 g/mol. The Hall–Kier alpha value is -0.640. The summed E-state index contributed by atoms with van der Waals surface area (Å²) in [7, 11) is 0. The summed E-state index contributed by atoms with van der Waals surface area (Å²) in [5, 5.41) is 0. The molecule has 110 valence electrons. The molecule has 2 saturated carbocycles. The van der Waals surface area contributed by atoms with Gasteiger partial charge < -0.3 is 4.74 Å². The second-order valence-electron chi connectivity index (χ2n) is 6.01. The highest BCUT2D eigenvalue weighted by Crippen LogP contribution is 2.55. The van der Waals surface area contributed by atoms with Crippen molar-refractivity contribution >= 4 is 15.9 Å². The average Bonchev–Trinajstić information content (AvgIpc) is 2.69. The van der Waals surface area contributed by atoms with E-state index in [0.717, 1.165) is 19.3 Å². The molecule has 2 fully saturated rings. The second kappa shape index (κ2) is 5.63. The topological polar surface area (TPSA) is 9.23 Å². The van der Waals surface area contributed by atoms with Crippen LogP contribution >= 0.6 is 15.9 Å². The number of rotatable bonds is 2. The van der Waals surface area contributed by atoms with Crippen molar-refractivity contribution in [3.05, 3.63) is 29.8 Å². The Labute approximate surface area is 126 Å². The first-order chi connectivity index (χ1) is 9.63. The van der Waals surface area contributed by atoms with Gasteiger partial charge in [0.15, 0.2) is 17.4 Å². The van der Waals surface area contributed by atoms with E-state index in [1.807, 2.05) is 0 Å². The maximum Gasteiger partial charge on any atom is 0.191 e. The lowest BCUT2D eigenvalue weighted by atomic mass is 9.61. The maximum atomic E-state index is 13.7. The highest BCUT2D eigenvalue weighted by Gasteiger charge is 2.55. The van der Waals surface area contributed by atoms with Gasteiger partial charge in [0.2, 0.25) is 0 Å². The molecule has 0 heterocycles. The molecule has 0 bridgehead atoms. The van der Waals surface area contributed by atoms with Gasteiger partial charge in [-0.2, -0.15) is 0 Å². The van der Waals surface area contributed by atoms with Crippen LogP contribution < -0.4 is 4.74 Å². The van der Waals surface area contributed by atoms with Gasteiger partial charge in [-0.05, 0) is 31.4 Å². The molecule has 2 unspecified atom stereocenters. The Bertz CT molecular complexity index is 463. The molecular weight excluding hydrogens is 326 g/mol. The van der Waals surface area contributed by atoms with Gasteiger partial charge in [0.25, 0.3) is 0 Å². The van der Waals surface area contributed by atoms with E-state index < -0.39 is 11.6 Å². The van der Waals surface area contributed by atoms with Crippen LogP contribution in [0.4, 0.5) is 8.78 Å². The Morgan fingerprint density at radius 1 is 1.05 bits per heavy atom. The molecule has 2 aliphatic carbocycles. The van der Waals surface area contributed by atoms with Crippen LogP contribution in [-0.2, 0) is 0 Å². The lowest BCUT2D eigenvalue weighted by Gasteiger charge is -2.53. The largest absolute Gasteiger partial charge is 0.484 e. The van der Waals surface area contributed by atoms with Crippen molar-refractivity contribution in [2.45, 2.75) is 55.9 Å². The zero-order chi connectivity index (χ0) is 14.2. The number of para-hydroxylation sites is 1. The van der Waals surface area contributed by atoms with Gasteiger partial charge in [0, 0.05) is 10.2 Å². The van der Waals surface area contributed by atoms with Crippen molar-refractivity contribution in [2.24, 2.45) is 5.41 Å². The van der Waals surface area contributed by atoms with E-state index in [2.05, 4.69) is 15.9 Å². The molecule has 1 nitrogen and oxygen atoms in total. The standard InChI is InChI=1S/C16H19BrF2O/c17-13-10-14(16(13)8-3-1-2-4-9-16)20-15-11(18)6-5-7-12(15)19/h5-7,13-14H,1-4,8-10H2. The summed E-state index contributed by atoms with van der Waals surface area (Å²) < 4.78 is 33.2. The molecule has 1 aromatic rings. The minimum Gasteiger partial charge on any atom is -0.484 e. The minimum absolute atomic E-state index is 0.0607. The smallest absolute Gasteiger partial charge is 0.191 e. The van der Waals surface area contributed by atoms with Gasteiger partial charge in [0.05, 0.1) is 0 Å². The predicted molar refractivity (Wildman–Crippen MR) is 78.2 cm³/mol. The van der Waals surface area contributed by atoms with Crippen LogP contribution in [0.25, 0.3) is 0 Å². The third-order valence-electron chi connectivity index (χ3n) is 4.90. The van der Waals surface area contributed by atoms with Crippen molar-refractivity contribution in [1.82, 2.24) is 0 Å². The Morgan fingerprint density at radius 3 is 2.20 bits per heavy atom. The first-order valence-electron chi connectivity index (χ1n) is 7.38. The van der Waals surface area contributed by atoms with Gasteiger partial charge in [-0.15, -0.1) is 0 Å². The number of benzene rings is 1. The predicted octanol–water partition coefficient (Wildman–Crippen LogP) is 5.22. The van der Waals surface area contributed by atoms with Crippen molar-refractivity contribution in [3.63, 3.8) is 0 Å². The van der Waals surface area contributed by atoms with Crippen LogP contribution in [0.1, 0.15) is 44.9 Å². The van der Waals surface area contributed by atoms with Crippen molar-refractivity contribution < 1.29 is 13.5 Å². The molecule has 20 heavy (non-hydrogen) atoms. The number of ether oxygens (including phenoxy) is 1. The molecule has 0 aromatic heterocycles. The summed E-state index contributed by atoms with van der Waals surface area (Å²) in [6.07, 6.45) is 7.80. The third kappa shape index (κ3) is 2.36. The molecule has 0 radical (unpaired) electrons. The maximum absolute atomic E-state index is 13.7. The number of hydrogen-bond acceptors (Lipinski definition) is 1. The number of hydrogen-bond donors (Lipinski definition) is 0. The van der Waals surface area contributed by atoms with E-state index in [4.69, 9.17) is 4.74 Å². The average molecular weight is 345 g/mol. The van der Waals surface area contributed by atoms with Crippen molar-refractivity contribution in [1.29, 1.82) is 0 Å². The summed E-state index contributed by atoms with van der Waals surface area (Å²) in [5.41, 5.74) is 0.0607. The quantitative estimate of drug-likeness (QED) is 0.668. The fraction of sp³-hybridized carbons (Fsp3) is 0.625. The Balaban J connectivity index is 1.80. The van der Waals surface area contributed by atoms with Crippen LogP contribution in [0.2, 0.25) is 0 Å². The van der Waals surface area contributed by atoms with E-state index in [0.29, 0.717) is 4.83 Å². The van der Waals surface area contributed by atoms with Gasteiger partial charge in [0.1, 0.15) is 6.10 Å². The van der Waals surface area contributed by atoms with E-state index in [1.54, 1.807) is 0 Å². The summed E-state index contributed by atoms with van der Waals surface area (Å²) in [6.45, 7) is 0. The van der Waals surface area contributed by atoms with E-state index in [9.17, 15) is 8.78 Å². The van der Waals surface area contributed by atoms with Gasteiger partial charge in [-0.25, -0.2) is 8.78 Å². The third-order valence-corrected chi connectivity index (χ3v) is 6.19. The lowest BCUT2D eigenvalue weighted by Crippen LogP contribution is -2.57. The summed E-state index contributed by atoms with van der Waals surface area (Å²) in [4.78, 5) is 0.410. The summed E-state index contributed by atoms with van der Waals surface area (Å²) in [5.74, 6) is -1.42. The first kappa shape index (κ1) is 14.3. The molecular formula is C16H19BrF2O. The zero-order valence-corrected chi connectivity index (χ0v) is 13.0. The number of halogens is 3. The molecule has 2 atom stereocenters. The van der Waals surface area contributed by atoms with E-state index in [-0.39, 0.29) is 17.3 Å². The SMILES string of the molecule is Fc1cccc(F)c1OC1CC(Br)C12CCCCCC2. The van der Waals surface area contributed by atoms with Crippen LogP contribution in [-0.4, -0.2) is 10.9 Å². The highest BCUT2D eigenvalue weighted by molar-refractivity contribution is 9.09. The molecule has 0 saturated heterocycles. The minimum atomic E-state index is -0.605. The lowest BCUT2D eigenvalue weighted by molar-refractivity contribution is -0.0498. The number of alkyl halides is 1.